The average molecular weight is 281 g/mol. The van der Waals surface area contributed by atoms with Crippen molar-refractivity contribution in [3.05, 3.63) is 23.8 Å². The molecule has 1 aromatic carbocycles. The van der Waals surface area contributed by atoms with Gasteiger partial charge in [0.25, 0.3) is 0 Å². The van der Waals surface area contributed by atoms with Crippen molar-refractivity contribution in [2.75, 3.05) is 19.0 Å². The zero-order chi connectivity index (χ0) is 13.8. The van der Waals surface area contributed by atoms with Crippen LogP contribution in [0.15, 0.2) is 18.2 Å². The van der Waals surface area contributed by atoms with E-state index in [-0.39, 0.29) is 6.04 Å². The Morgan fingerprint density at radius 3 is 2.53 bits per heavy atom. The van der Waals surface area contributed by atoms with Crippen LogP contribution in [-0.2, 0) is 0 Å². The molecule has 0 aliphatic carbocycles. The van der Waals surface area contributed by atoms with Crippen molar-refractivity contribution in [1.82, 2.24) is 0 Å². The lowest BCUT2D eigenvalue weighted by Crippen LogP contribution is -2.18. The van der Waals surface area contributed by atoms with Crippen LogP contribution in [-0.4, -0.2) is 24.2 Å². The Labute approximate surface area is 119 Å². The van der Waals surface area contributed by atoms with Gasteiger partial charge in [0.1, 0.15) is 13.2 Å². The molecule has 2 rings (SSSR count). The largest absolute Gasteiger partial charge is 0.486 e. The fraction of sp³-hybridized carbons (Fsp3) is 0.600. The molecule has 1 aromatic rings. The highest BCUT2D eigenvalue weighted by molar-refractivity contribution is 7.99. The van der Waals surface area contributed by atoms with Crippen molar-refractivity contribution in [2.24, 2.45) is 11.7 Å². The van der Waals surface area contributed by atoms with Gasteiger partial charge in [0.15, 0.2) is 11.5 Å². The first-order valence-electron chi connectivity index (χ1n) is 6.84. The summed E-state index contributed by atoms with van der Waals surface area (Å²) >= 11 is 1.93. The highest BCUT2D eigenvalue weighted by Crippen LogP contribution is 2.33. The Hall–Kier alpha value is -0.870. The second-order valence-electron chi connectivity index (χ2n) is 5.29. The van der Waals surface area contributed by atoms with E-state index in [9.17, 15) is 0 Å². The summed E-state index contributed by atoms with van der Waals surface area (Å²) in [5, 5.41) is 0.628. The first-order valence-corrected chi connectivity index (χ1v) is 7.89. The number of rotatable bonds is 5. The van der Waals surface area contributed by atoms with E-state index < -0.39 is 0 Å². The molecular formula is C15H23NO2S. The molecule has 4 heteroatoms. The monoisotopic (exact) mass is 281 g/mol. The number of benzene rings is 1. The van der Waals surface area contributed by atoms with Crippen molar-refractivity contribution in [3.8, 4) is 11.5 Å². The van der Waals surface area contributed by atoms with Crippen LogP contribution in [0.3, 0.4) is 0 Å². The van der Waals surface area contributed by atoms with Gasteiger partial charge in [-0.25, -0.2) is 0 Å². The molecule has 0 aromatic heterocycles. The molecule has 2 unspecified atom stereocenters. The molecule has 2 atom stereocenters. The minimum absolute atomic E-state index is 0.0435. The normalized spacial score (nSPS) is 17.3. The zero-order valence-electron chi connectivity index (χ0n) is 11.9. The minimum atomic E-state index is 0.0435. The van der Waals surface area contributed by atoms with Crippen molar-refractivity contribution in [3.63, 3.8) is 0 Å². The third kappa shape index (κ3) is 3.80. The molecule has 0 bridgehead atoms. The van der Waals surface area contributed by atoms with Gasteiger partial charge < -0.3 is 15.2 Å². The van der Waals surface area contributed by atoms with Crippen LogP contribution in [0.1, 0.15) is 32.4 Å². The van der Waals surface area contributed by atoms with E-state index >= 15 is 0 Å². The molecule has 0 spiro atoms. The van der Waals surface area contributed by atoms with E-state index in [4.69, 9.17) is 15.2 Å². The fourth-order valence-corrected chi connectivity index (χ4v) is 2.92. The molecule has 3 nitrogen and oxygen atoms in total. The SMILES string of the molecule is CC(C)C(C)SCC(N)c1ccc2c(c1)OCCO2. The lowest BCUT2D eigenvalue weighted by atomic mass is 10.1. The summed E-state index contributed by atoms with van der Waals surface area (Å²) in [7, 11) is 0. The summed E-state index contributed by atoms with van der Waals surface area (Å²) in [5.74, 6) is 3.25. The van der Waals surface area contributed by atoms with Crippen molar-refractivity contribution in [1.29, 1.82) is 0 Å². The summed E-state index contributed by atoms with van der Waals surface area (Å²) in [4.78, 5) is 0. The Kier molecular flexibility index (Phi) is 4.99. The number of hydrogen-bond acceptors (Lipinski definition) is 4. The quantitative estimate of drug-likeness (QED) is 0.900. The average Bonchev–Trinajstić information content (AvgIpc) is 2.43. The van der Waals surface area contributed by atoms with Gasteiger partial charge in [-0.05, 0) is 23.6 Å². The topological polar surface area (TPSA) is 44.5 Å². The minimum Gasteiger partial charge on any atom is -0.486 e. The zero-order valence-corrected chi connectivity index (χ0v) is 12.7. The summed E-state index contributed by atoms with van der Waals surface area (Å²) in [6.07, 6.45) is 0. The molecule has 106 valence electrons. The van der Waals surface area contributed by atoms with Crippen molar-refractivity contribution in [2.45, 2.75) is 32.1 Å². The third-order valence-corrected chi connectivity index (χ3v) is 5.09. The fourth-order valence-electron chi connectivity index (χ4n) is 1.83. The second kappa shape index (κ2) is 6.53. The summed E-state index contributed by atoms with van der Waals surface area (Å²) in [5.41, 5.74) is 7.38. The maximum absolute atomic E-state index is 6.26. The highest BCUT2D eigenvalue weighted by Gasteiger charge is 2.16. The Balaban J connectivity index is 1.97. The first kappa shape index (κ1) is 14.5. The van der Waals surface area contributed by atoms with Crippen LogP contribution in [0.25, 0.3) is 0 Å². The Morgan fingerprint density at radius 2 is 1.84 bits per heavy atom. The van der Waals surface area contributed by atoms with Gasteiger partial charge >= 0.3 is 0 Å². The van der Waals surface area contributed by atoms with Crippen molar-refractivity contribution < 1.29 is 9.47 Å². The molecule has 0 fully saturated rings. The number of nitrogens with two attached hydrogens (primary N) is 1. The van der Waals surface area contributed by atoms with Crippen LogP contribution in [0, 0.1) is 5.92 Å². The first-order chi connectivity index (χ1) is 9.08. The molecule has 0 amide bonds. The lowest BCUT2D eigenvalue weighted by Gasteiger charge is -2.21. The smallest absolute Gasteiger partial charge is 0.161 e. The highest BCUT2D eigenvalue weighted by atomic mass is 32.2. The van der Waals surface area contributed by atoms with Crippen LogP contribution in [0.2, 0.25) is 0 Å². The Morgan fingerprint density at radius 1 is 1.16 bits per heavy atom. The van der Waals surface area contributed by atoms with E-state index in [1.807, 2.05) is 30.0 Å². The molecule has 1 heterocycles. The van der Waals surface area contributed by atoms with Gasteiger partial charge in [-0.1, -0.05) is 26.8 Å². The van der Waals surface area contributed by atoms with E-state index in [2.05, 4.69) is 20.8 Å². The molecule has 0 radical (unpaired) electrons. The van der Waals surface area contributed by atoms with E-state index in [1.54, 1.807) is 0 Å². The van der Waals surface area contributed by atoms with Gasteiger partial charge in [-0.2, -0.15) is 11.8 Å². The molecule has 1 aliphatic heterocycles. The number of hydrogen-bond donors (Lipinski definition) is 1. The van der Waals surface area contributed by atoms with E-state index in [0.717, 1.165) is 22.8 Å². The van der Waals surface area contributed by atoms with Gasteiger partial charge in [0, 0.05) is 17.0 Å². The molecule has 0 saturated heterocycles. The molecule has 0 saturated carbocycles. The molecule has 1 aliphatic rings. The Bertz CT molecular complexity index is 423. The number of thioether (sulfide) groups is 1. The maximum Gasteiger partial charge on any atom is 0.161 e. The van der Waals surface area contributed by atoms with Gasteiger partial charge in [0.05, 0.1) is 0 Å². The standard InChI is InChI=1S/C15H23NO2S/c1-10(2)11(3)19-9-13(16)12-4-5-14-15(8-12)18-7-6-17-14/h4-5,8,10-11,13H,6-7,9,16H2,1-3H3. The van der Waals surface area contributed by atoms with Gasteiger partial charge in [-0.3, -0.25) is 0 Å². The van der Waals surface area contributed by atoms with Gasteiger partial charge in [0.2, 0.25) is 0 Å². The van der Waals surface area contributed by atoms with Crippen LogP contribution >= 0.6 is 11.8 Å². The second-order valence-corrected chi connectivity index (χ2v) is 6.70. The van der Waals surface area contributed by atoms with Crippen molar-refractivity contribution >= 4 is 11.8 Å². The lowest BCUT2D eigenvalue weighted by molar-refractivity contribution is 0.171. The molecule has 2 N–H and O–H groups in total. The van der Waals surface area contributed by atoms with Gasteiger partial charge in [-0.15, -0.1) is 0 Å². The predicted molar refractivity (Wildman–Crippen MR) is 81.1 cm³/mol. The third-order valence-electron chi connectivity index (χ3n) is 3.47. The number of ether oxygens (including phenoxy) is 2. The summed E-state index contributed by atoms with van der Waals surface area (Å²) in [6, 6.07) is 6.06. The predicted octanol–water partition coefficient (Wildman–Crippen LogP) is 3.24. The van der Waals surface area contributed by atoms with E-state index in [0.29, 0.717) is 24.4 Å². The van der Waals surface area contributed by atoms with E-state index in [1.165, 1.54) is 0 Å². The van der Waals surface area contributed by atoms with Crippen LogP contribution in [0.4, 0.5) is 0 Å². The number of fused-ring (bicyclic) bond motifs is 1. The molecule has 19 heavy (non-hydrogen) atoms. The van der Waals surface area contributed by atoms with Crippen LogP contribution < -0.4 is 15.2 Å². The maximum atomic E-state index is 6.26. The summed E-state index contributed by atoms with van der Waals surface area (Å²) in [6.45, 7) is 7.98. The van der Waals surface area contributed by atoms with Crippen LogP contribution in [0.5, 0.6) is 11.5 Å². The summed E-state index contributed by atoms with van der Waals surface area (Å²) < 4.78 is 11.1. The molecular weight excluding hydrogens is 258 g/mol.